The van der Waals surface area contributed by atoms with Gasteiger partial charge in [0.2, 0.25) is 0 Å². The van der Waals surface area contributed by atoms with Gasteiger partial charge < -0.3 is 15.4 Å². The molecule has 1 atom stereocenters. The Morgan fingerprint density at radius 3 is 2.33 bits per heavy atom. The molecule has 0 spiro atoms. The van der Waals surface area contributed by atoms with Crippen LogP contribution in [0.2, 0.25) is 0 Å². The predicted octanol–water partition coefficient (Wildman–Crippen LogP) is 4.39. The highest BCUT2D eigenvalue weighted by molar-refractivity contribution is 5.41. The number of fused-ring (bicyclic) bond motifs is 1. The van der Waals surface area contributed by atoms with Gasteiger partial charge in [-0.05, 0) is 53.6 Å². The standard InChI is InChI=1S/C27H30N2O/c28-27(23-7-3-1-4-8-23,24-9-5-2-6-10-24)25-14-17-29(20-25)16-13-21-11-12-26-22(19-21)15-18-30-26/h1-12,19,25H,13-18,20,28H2/t25-/m1/s1. The molecule has 0 unspecified atom stereocenters. The number of hydrogen-bond acceptors (Lipinski definition) is 3. The van der Waals surface area contributed by atoms with E-state index >= 15 is 0 Å². The third-order valence-electron chi connectivity index (χ3n) is 6.89. The fraction of sp³-hybridized carbons (Fsp3) is 0.333. The zero-order valence-electron chi connectivity index (χ0n) is 17.5. The number of benzene rings is 3. The number of hydrogen-bond donors (Lipinski definition) is 1. The van der Waals surface area contributed by atoms with Gasteiger partial charge in [-0.25, -0.2) is 0 Å². The van der Waals surface area contributed by atoms with Crippen LogP contribution in [0.15, 0.2) is 78.9 Å². The lowest BCUT2D eigenvalue weighted by atomic mass is 9.73. The van der Waals surface area contributed by atoms with Crippen LogP contribution in [0.1, 0.15) is 28.7 Å². The van der Waals surface area contributed by atoms with E-state index in [2.05, 4.69) is 83.8 Å². The van der Waals surface area contributed by atoms with Crippen molar-refractivity contribution >= 4 is 0 Å². The molecule has 3 nitrogen and oxygen atoms in total. The van der Waals surface area contributed by atoms with E-state index in [0.29, 0.717) is 5.92 Å². The molecule has 5 rings (SSSR count). The van der Waals surface area contributed by atoms with Crippen LogP contribution in [-0.4, -0.2) is 31.1 Å². The fourth-order valence-electron chi connectivity index (χ4n) is 5.16. The van der Waals surface area contributed by atoms with Gasteiger partial charge >= 0.3 is 0 Å². The molecular formula is C27H30N2O. The molecule has 2 N–H and O–H groups in total. The lowest BCUT2D eigenvalue weighted by Crippen LogP contribution is -2.46. The van der Waals surface area contributed by atoms with Gasteiger partial charge in [0.1, 0.15) is 5.75 Å². The molecule has 3 heteroatoms. The molecule has 1 fully saturated rings. The Labute approximate surface area is 179 Å². The van der Waals surface area contributed by atoms with Gasteiger partial charge in [0, 0.05) is 19.5 Å². The van der Waals surface area contributed by atoms with Crippen molar-refractivity contribution in [3.8, 4) is 5.75 Å². The highest BCUT2D eigenvalue weighted by Gasteiger charge is 2.41. The monoisotopic (exact) mass is 398 g/mol. The smallest absolute Gasteiger partial charge is 0.122 e. The summed E-state index contributed by atoms with van der Waals surface area (Å²) in [6.07, 6.45) is 3.24. The molecule has 0 bridgehead atoms. The first kappa shape index (κ1) is 19.3. The summed E-state index contributed by atoms with van der Waals surface area (Å²) in [6.45, 7) is 4.05. The molecular weight excluding hydrogens is 368 g/mol. The molecule has 1 saturated heterocycles. The van der Waals surface area contributed by atoms with Crippen molar-refractivity contribution in [3.63, 3.8) is 0 Å². The van der Waals surface area contributed by atoms with Crippen molar-refractivity contribution in [2.24, 2.45) is 11.7 Å². The van der Waals surface area contributed by atoms with Gasteiger partial charge in [0.25, 0.3) is 0 Å². The third-order valence-corrected chi connectivity index (χ3v) is 6.89. The van der Waals surface area contributed by atoms with Gasteiger partial charge in [-0.2, -0.15) is 0 Å². The SMILES string of the molecule is NC(c1ccccc1)(c1ccccc1)[C@@H]1CCN(CCc2ccc3c(c2)CCO3)C1. The van der Waals surface area contributed by atoms with Gasteiger partial charge in [-0.15, -0.1) is 0 Å². The summed E-state index contributed by atoms with van der Waals surface area (Å²) >= 11 is 0. The second-order valence-electron chi connectivity index (χ2n) is 8.68. The molecule has 0 radical (unpaired) electrons. The lowest BCUT2D eigenvalue weighted by Gasteiger charge is -2.37. The Morgan fingerprint density at radius 2 is 1.63 bits per heavy atom. The lowest BCUT2D eigenvalue weighted by molar-refractivity contribution is 0.286. The van der Waals surface area contributed by atoms with E-state index < -0.39 is 5.54 Å². The molecule has 30 heavy (non-hydrogen) atoms. The van der Waals surface area contributed by atoms with Crippen molar-refractivity contribution in [2.75, 3.05) is 26.2 Å². The maximum Gasteiger partial charge on any atom is 0.122 e. The molecule has 3 aromatic carbocycles. The first-order valence-corrected chi connectivity index (χ1v) is 11.1. The summed E-state index contributed by atoms with van der Waals surface area (Å²) in [5.41, 5.74) is 12.0. The Hall–Kier alpha value is -2.62. The van der Waals surface area contributed by atoms with Gasteiger partial charge in [0.15, 0.2) is 0 Å². The minimum atomic E-state index is -0.456. The predicted molar refractivity (Wildman–Crippen MR) is 122 cm³/mol. The number of rotatable bonds is 6. The van der Waals surface area contributed by atoms with E-state index in [1.165, 1.54) is 22.3 Å². The molecule has 0 amide bonds. The maximum atomic E-state index is 7.24. The van der Waals surface area contributed by atoms with Crippen molar-refractivity contribution in [1.82, 2.24) is 4.90 Å². The van der Waals surface area contributed by atoms with E-state index in [-0.39, 0.29) is 0 Å². The zero-order chi connectivity index (χ0) is 20.4. The van der Waals surface area contributed by atoms with Crippen LogP contribution in [-0.2, 0) is 18.4 Å². The number of nitrogens with two attached hydrogens (primary N) is 1. The minimum absolute atomic E-state index is 0.399. The molecule has 154 valence electrons. The van der Waals surface area contributed by atoms with Crippen LogP contribution >= 0.6 is 0 Å². The Kier molecular flexibility index (Phi) is 5.32. The van der Waals surface area contributed by atoms with E-state index in [0.717, 1.165) is 51.3 Å². The zero-order valence-corrected chi connectivity index (χ0v) is 17.5. The average Bonchev–Trinajstić information content (AvgIpc) is 3.48. The Bertz CT molecular complexity index is 947. The van der Waals surface area contributed by atoms with Crippen LogP contribution < -0.4 is 10.5 Å². The van der Waals surface area contributed by atoms with Crippen molar-refractivity contribution in [3.05, 3.63) is 101 Å². The summed E-state index contributed by atoms with van der Waals surface area (Å²) in [5.74, 6) is 1.47. The molecule has 0 aromatic heterocycles. The Balaban J connectivity index is 1.31. The third kappa shape index (κ3) is 3.64. The number of likely N-dealkylation sites (tertiary alicyclic amines) is 1. The molecule has 2 heterocycles. The summed E-state index contributed by atoms with van der Waals surface area (Å²) in [6, 6.07) is 28.0. The van der Waals surface area contributed by atoms with Gasteiger partial charge in [-0.3, -0.25) is 0 Å². The average molecular weight is 399 g/mol. The second kappa shape index (κ2) is 8.25. The molecule has 2 aliphatic rings. The van der Waals surface area contributed by atoms with Crippen LogP contribution in [0.3, 0.4) is 0 Å². The van der Waals surface area contributed by atoms with Crippen LogP contribution in [0.5, 0.6) is 5.75 Å². The first-order valence-electron chi connectivity index (χ1n) is 11.1. The number of ether oxygens (including phenoxy) is 1. The topological polar surface area (TPSA) is 38.5 Å². The maximum absolute atomic E-state index is 7.24. The van der Waals surface area contributed by atoms with Crippen LogP contribution in [0.4, 0.5) is 0 Å². The molecule has 0 saturated carbocycles. The van der Waals surface area contributed by atoms with Gasteiger partial charge in [-0.1, -0.05) is 72.8 Å². The fourth-order valence-corrected chi connectivity index (χ4v) is 5.16. The molecule has 2 aliphatic heterocycles. The van der Waals surface area contributed by atoms with Crippen LogP contribution in [0.25, 0.3) is 0 Å². The quantitative estimate of drug-likeness (QED) is 0.669. The van der Waals surface area contributed by atoms with E-state index in [1.807, 2.05) is 0 Å². The minimum Gasteiger partial charge on any atom is -0.493 e. The molecule has 0 aliphatic carbocycles. The van der Waals surface area contributed by atoms with Crippen molar-refractivity contribution < 1.29 is 4.74 Å². The van der Waals surface area contributed by atoms with Crippen LogP contribution in [0, 0.1) is 5.92 Å². The largest absolute Gasteiger partial charge is 0.493 e. The van der Waals surface area contributed by atoms with E-state index in [1.54, 1.807) is 0 Å². The summed E-state index contributed by atoms with van der Waals surface area (Å²) < 4.78 is 5.64. The van der Waals surface area contributed by atoms with E-state index in [9.17, 15) is 0 Å². The van der Waals surface area contributed by atoms with E-state index in [4.69, 9.17) is 10.5 Å². The second-order valence-corrected chi connectivity index (χ2v) is 8.68. The highest BCUT2D eigenvalue weighted by Crippen LogP contribution is 2.39. The summed E-state index contributed by atoms with van der Waals surface area (Å²) in [7, 11) is 0. The normalized spacial score (nSPS) is 18.9. The highest BCUT2D eigenvalue weighted by atomic mass is 16.5. The molecule has 3 aromatic rings. The van der Waals surface area contributed by atoms with Gasteiger partial charge in [0.05, 0.1) is 12.1 Å². The van der Waals surface area contributed by atoms with Crippen molar-refractivity contribution in [1.29, 1.82) is 0 Å². The Morgan fingerprint density at radius 1 is 0.933 bits per heavy atom. The summed E-state index contributed by atoms with van der Waals surface area (Å²) in [4.78, 5) is 2.59. The van der Waals surface area contributed by atoms with Crippen molar-refractivity contribution in [2.45, 2.75) is 24.8 Å². The first-order chi connectivity index (χ1) is 14.7. The summed E-state index contributed by atoms with van der Waals surface area (Å²) in [5, 5.41) is 0. The number of nitrogens with zero attached hydrogens (tertiary/aromatic N) is 1.